The van der Waals surface area contributed by atoms with E-state index in [2.05, 4.69) is 54.0 Å². The van der Waals surface area contributed by atoms with Gasteiger partial charge in [-0.1, -0.05) is 48.9 Å². The fraction of sp³-hybridized carbons (Fsp3) is 0.571. The number of benzene rings is 1. The lowest BCUT2D eigenvalue weighted by Crippen LogP contribution is -2.42. The predicted octanol–water partition coefficient (Wildman–Crippen LogP) is 3.91. The minimum absolute atomic E-state index is 0.104. The van der Waals surface area contributed by atoms with Crippen molar-refractivity contribution < 1.29 is 4.79 Å². The van der Waals surface area contributed by atoms with Crippen LogP contribution in [0.25, 0.3) is 6.08 Å². The molecular formula is C21H30N2O. The van der Waals surface area contributed by atoms with Crippen LogP contribution in [-0.2, 0) is 4.79 Å². The van der Waals surface area contributed by atoms with Gasteiger partial charge < -0.3 is 10.6 Å². The topological polar surface area (TPSA) is 41.1 Å². The van der Waals surface area contributed by atoms with Gasteiger partial charge in [-0.05, 0) is 50.0 Å². The van der Waals surface area contributed by atoms with Crippen molar-refractivity contribution in [3.05, 3.63) is 41.5 Å². The van der Waals surface area contributed by atoms with Crippen LogP contribution in [0.4, 0.5) is 0 Å². The van der Waals surface area contributed by atoms with Gasteiger partial charge in [0.05, 0.1) is 0 Å². The van der Waals surface area contributed by atoms with Crippen molar-refractivity contribution in [2.45, 2.75) is 70.5 Å². The lowest BCUT2D eigenvalue weighted by atomic mass is 9.91. The van der Waals surface area contributed by atoms with E-state index in [0.717, 1.165) is 19.3 Å². The van der Waals surface area contributed by atoms with Gasteiger partial charge in [-0.3, -0.25) is 4.79 Å². The lowest BCUT2D eigenvalue weighted by Gasteiger charge is -2.29. The van der Waals surface area contributed by atoms with Gasteiger partial charge in [0.25, 0.3) is 0 Å². The van der Waals surface area contributed by atoms with E-state index in [1.54, 1.807) is 12.5 Å². The molecule has 2 atom stereocenters. The molecule has 0 aromatic heterocycles. The van der Waals surface area contributed by atoms with E-state index in [1.807, 2.05) is 0 Å². The van der Waals surface area contributed by atoms with Crippen molar-refractivity contribution >= 4 is 12.0 Å². The maximum atomic E-state index is 11.1. The molecule has 0 aliphatic heterocycles. The van der Waals surface area contributed by atoms with Gasteiger partial charge in [0.2, 0.25) is 5.91 Å². The van der Waals surface area contributed by atoms with Crippen molar-refractivity contribution in [1.29, 1.82) is 0 Å². The smallest absolute Gasteiger partial charge is 0.217 e. The van der Waals surface area contributed by atoms with Crippen molar-refractivity contribution in [2.75, 3.05) is 0 Å². The number of nitrogens with one attached hydrogen (secondary N) is 2. The highest BCUT2D eigenvalue weighted by molar-refractivity contribution is 5.73. The first kappa shape index (κ1) is 17.2. The molecule has 1 amide bonds. The number of hydrogen-bond donors (Lipinski definition) is 2. The lowest BCUT2D eigenvalue weighted by molar-refractivity contribution is -0.119. The number of carbonyl (C=O) groups excluding carboxylic acids is 1. The van der Waals surface area contributed by atoms with E-state index in [4.69, 9.17) is 0 Å². The Morgan fingerprint density at radius 3 is 2.42 bits per heavy atom. The second kappa shape index (κ2) is 7.98. The average Bonchev–Trinajstić information content (AvgIpc) is 3.34. The molecule has 2 fully saturated rings. The van der Waals surface area contributed by atoms with Gasteiger partial charge in [0, 0.05) is 25.0 Å². The van der Waals surface area contributed by atoms with Gasteiger partial charge in [0.1, 0.15) is 0 Å². The molecule has 2 saturated carbocycles. The van der Waals surface area contributed by atoms with Crippen LogP contribution in [0.2, 0.25) is 0 Å². The Hall–Kier alpha value is -1.61. The number of amides is 1. The molecule has 24 heavy (non-hydrogen) atoms. The van der Waals surface area contributed by atoms with Gasteiger partial charge in [-0.2, -0.15) is 0 Å². The zero-order chi connectivity index (χ0) is 16.9. The summed E-state index contributed by atoms with van der Waals surface area (Å²) in [6.07, 6.45) is 9.35. The zero-order valence-corrected chi connectivity index (χ0v) is 14.9. The summed E-state index contributed by atoms with van der Waals surface area (Å²) in [4.78, 5) is 11.1. The Morgan fingerprint density at radius 2 is 1.79 bits per heavy atom. The van der Waals surface area contributed by atoms with Gasteiger partial charge in [-0.25, -0.2) is 0 Å². The maximum absolute atomic E-state index is 11.1. The summed E-state index contributed by atoms with van der Waals surface area (Å²) in [5, 5.41) is 6.92. The SMILES string of the molecule is CCC(=Cc1ccccc1)[C@@H]1C[C@H]1NC1CCC(NC(C)=O)CC1. The zero-order valence-electron chi connectivity index (χ0n) is 14.9. The largest absolute Gasteiger partial charge is 0.354 e. The first-order valence-electron chi connectivity index (χ1n) is 9.44. The third kappa shape index (κ3) is 4.70. The second-order valence-electron chi connectivity index (χ2n) is 7.35. The molecule has 0 heterocycles. The fourth-order valence-electron chi connectivity index (χ4n) is 4.02. The molecule has 0 radical (unpaired) electrons. The Bertz CT molecular complexity index is 573. The van der Waals surface area contributed by atoms with Crippen molar-refractivity contribution in [1.82, 2.24) is 10.6 Å². The van der Waals surface area contributed by atoms with E-state index in [9.17, 15) is 4.79 Å². The highest BCUT2D eigenvalue weighted by atomic mass is 16.1. The van der Waals surface area contributed by atoms with Crippen LogP contribution in [0.15, 0.2) is 35.9 Å². The van der Waals surface area contributed by atoms with Crippen LogP contribution >= 0.6 is 0 Å². The van der Waals surface area contributed by atoms with E-state index in [0.29, 0.717) is 24.0 Å². The summed E-state index contributed by atoms with van der Waals surface area (Å²) in [6.45, 7) is 3.88. The first-order chi connectivity index (χ1) is 11.7. The monoisotopic (exact) mass is 326 g/mol. The fourth-order valence-corrected chi connectivity index (χ4v) is 4.02. The Balaban J connectivity index is 1.47. The predicted molar refractivity (Wildman–Crippen MR) is 99.6 cm³/mol. The normalized spacial score (nSPS) is 30.0. The number of hydrogen-bond acceptors (Lipinski definition) is 2. The Kier molecular flexibility index (Phi) is 5.72. The molecule has 3 heteroatoms. The van der Waals surface area contributed by atoms with E-state index < -0.39 is 0 Å². The molecular weight excluding hydrogens is 296 g/mol. The van der Waals surface area contributed by atoms with Crippen LogP contribution < -0.4 is 10.6 Å². The molecule has 0 spiro atoms. The van der Waals surface area contributed by atoms with Crippen LogP contribution in [0.5, 0.6) is 0 Å². The van der Waals surface area contributed by atoms with Gasteiger partial charge in [-0.15, -0.1) is 0 Å². The van der Waals surface area contributed by atoms with Crippen molar-refractivity contribution in [2.24, 2.45) is 5.92 Å². The minimum Gasteiger partial charge on any atom is -0.354 e. The van der Waals surface area contributed by atoms with E-state index >= 15 is 0 Å². The Labute approximate surface area is 145 Å². The summed E-state index contributed by atoms with van der Waals surface area (Å²) in [5.74, 6) is 0.815. The minimum atomic E-state index is 0.104. The second-order valence-corrected chi connectivity index (χ2v) is 7.35. The molecule has 3 rings (SSSR count). The average molecular weight is 326 g/mol. The highest BCUT2D eigenvalue weighted by Gasteiger charge is 2.40. The number of rotatable bonds is 6. The summed E-state index contributed by atoms with van der Waals surface area (Å²) >= 11 is 0. The molecule has 1 aromatic rings. The van der Waals surface area contributed by atoms with Crippen LogP contribution in [0, 0.1) is 5.92 Å². The van der Waals surface area contributed by atoms with Crippen LogP contribution in [0.3, 0.4) is 0 Å². The van der Waals surface area contributed by atoms with Crippen molar-refractivity contribution in [3.8, 4) is 0 Å². The van der Waals surface area contributed by atoms with Gasteiger partial charge in [0.15, 0.2) is 0 Å². The summed E-state index contributed by atoms with van der Waals surface area (Å²) in [6, 6.07) is 12.3. The molecule has 1 aromatic carbocycles. The molecule has 130 valence electrons. The summed E-state index contributed by atoms with van der Waals surface area (Å²) in [5.41, 5.74) is 2.89. The Morgan fingerprint density at radius 1 is 1.12 bits per heavy atom. The van der Waals surface area contributed by atoms with E-state index in [1.165, 1.54) is 24.8 Å². The molecule has 0 saturated heterocycles. The van der Waals surface area contributed by atoms with Crippen LogP contribution in [-0.4, -0.2) is 24.0 Å². The molecule has 2 aliphatic rings. The molecule has 3 nitrogen and oxygen atoms in total. The molecule has 0 bridgehead atoms. The molecule has 0 unspecified atom stereocenters. The number of carbonyl (C=O) groups is 1. The quantitative estimate of drug-likeness (QED) is 0.832. The molecule has 2 aliphatic carbocycles. The standard InChI is InChI=1S/C21H30N2O/c1-3-17(13-16-7-5-4-6-8-16)20-14-21(20)23-19-11-9-18(10-12-19)22-15(2)24/h4-8,13,18-21,23H,3,9-12,14H2,1-2H3,(H,22,24)/t18?,19?,20-,21+/m0/s1. The van der Waals surface area contributed by atoms with Crippen molar-refractivity contribution in [3.63, 3.8) is 0 Å². The van der Waals surface area contributed by atoms with Gasteiger partial charge >= 0.3 is 0 Å². The third-order valence-corrected chi connectivity index (χ3v) is 5.41. The summed E-state index contributed by atoms with van der Waals surface area (Å²) < 4.78 is 0. The molecule has 2 N–H and O–H groups in total. The maximum Gasteiger partial charge on any atom is 0.217 e. The van der Waals surface area contributed by atoms with Crippen LogP contribution in [0.1, 0.15) is 57.9 Å². The summed E-state index contributed by atoms with van der Waals surface area (Å²) in [7, 11) is 0. The van der Waals surface area contributed by atoms with E-state index in [-0.39, 0.29) is 5.91 Å². The highest BCUT2D eigenvalue weighted by Crippen LogP contribution is 2.40. The third-order valence-electron chi connectivity index (χ3n) is 5.41. The first-order valence-corrected chi connectivity index (χ1v) is 9.44.